The molecule has 0 saturated heterocycles. The molecule has 0 nitrogen and oxygen atoms in total. The van der Waals surface area contributed by atoms with Gasteiger partial charge in [0.05, 0.1) is 0 Å². The van der Waals surface area contributed by atoms with Crippen LogP contribution in [0, 0.1) is 0 Å². The van der Waals surface area contributed by atoms with E-state index in [0.717, 1.165) is 0 Å². The van der Waals surface area contributed by atoms with Crippen molar-refractivity contribution in [1.82, 2.24) is 0 Å². The van der Waals surface area contributed by atoms with Crippen molar-refractivity contribution >= 4 is 57.0 Å². The first kappa shape index (κ1) is 16.8. The molecule has 1 rings (SSSR count). The van der Waals surface area contributed by atoms with E-state index >= 15 is 0 Å². The van der Waals surface area contributed by atoms with Crippen LogP contribution in [0.5, 0.6) is 0 Å². The molecule has 1 aromatic carbocycles. The third-order valence-corrected chi connectivity index (χ3v) is 10.8. The predicted molar refractivity (Wildman–Crippen MR) is 93.3 cm³/mol. The van der Waals surface area contributed by atoms with Gasteiger partial charge in [-0.1, -0.05) is 0 Å². The van der Waals surface area contributed by atoms with Gasteiger partial charge in [0.25, 0.3) is 0 Å². The van der Waals surface area contributed by atoms with Gasteiger partial charge in [-0.15, -0.1) is 0 Å². The fourth-order valence-electron chi connectivity index (χ4n) is 1.65. The van der Waals surface area contributed by atoms with Crippen LogP contribution in [0.4, 0.5) is 0 Å². The van der Waals surface area contributed by atoms with Crippen LogP contribution in [0.2, 0.25) is 5.82 Å². The summed E-state index contributed by atoms with van der Waals surface area (Å²) in [6.45, 7) is 2.28. The zero-order valence-electron chi connectivity index (χ0n) is 11.1. The van der Waals surface area contributed by atoms with Gasteiger partial charge in [-0.05, 0) is 0 Å². The molecule has 0 aliphatic heterocycles. The van der Waals surface area contributed by atoms with Crippen molar-refractivity contribution in [3.63, 3.8) is 0 Å². The Hall–Kier alpha value is 0.729. The number of allylic oxidation sites excluding steroid dienone is 1. The van der Waals surface area contributed by atoms with Gasteiger partial charge in [0.1, 0.15) is 0 Å². The van der Waals surface area contributed by atoms with E-state index < -0.39 is 0 Å². The van der Waals surface area contributed by atoms with Gasteiger partial charge in [-0.25, -0.2) is 0 Å². The van der Waals surface area contributed by atoms with E-state index in [1.165, 1.54) is 36.6 Å². The Bertz CT molecular complexity index is 360. The van der Waals surface area contributed by atoms with Gasteiger partial charge < -0.3 is 0 Å². The molecular weight excluding hydrogens is 465 g/mol. The van der Waals surface area contributed by atoms with E-state index in [2.05, 4.69) is 65.7 Å². The van der Waals surface area contributed by atoms with Crippen LogP contribution >= 0.6 is 22.6 Å². The Labute approximate surface area is 138 Å². The van der Waals surface area contributed by atoms with E-state index in [4.69, 9.17) is 0 Å². The molecule has 100 valence electrons. The molecule has 0 heterocycles. The number of hydrogen-bond acceptors (Lipinski definition) is 0. The molecule has 0 unspecified atom stereocenters. The monoisotopic (exact) mass is 488 g/mol. The van der Waals surface area contributed by atoms with Crippen molar-refractivity contribution in [3.05, 3.63) is 37.3 Å². The van der Waals surface area contributed by atoms with E-state index in [1.54, 1.807) is 6.95 Å². The first-order valence-corrected chi connectivity index (χ1v) is 11.8. The molecule has 3 heteroatoms. The summed E-state index contributed by atoms with van der Waals surface area (Å²) in [6.07, 6.45) is 6.81. The van der Waals surface area contributed by atoms with Crippen molar-refractivity contribution < 1.29 is 0 Å². The summed E-state index contributed by atoms with van der Waals surface area (Å²) in [5.74, 6) is 2.34. The van der Waals surface area contributed by atoms with Gasteiger partial charge in [0, 0.05) is 0 Å². The average molecular weight is 486 g/mol. The number of rotatable bonds is 8. The molecule has 0 spiro atoms. The molecule has 0 aromatic heterocycles. The summed E-state index contributed by atoms with van der Waals surface area (Å²) in [5.41, 5.74) is 0. The van der Waals surface area contributed by atoms with Crippen molar-refractivity contribution in [2.45, 2.75) is 44.9 Å². The minimum atomic E-state index is 0.543. The molecule has 0 fully saturated rings. The van der Waals surface area contributed by atoms with Gasteiger partial charge in [-0.2, -0.15) is 0 Å². The molecular formula is C15H21ISe2. The normalized spacial score (nSPS) is 12.4. The maximum atomic E-state index is 2.58. The fourth-order valence-corrected chi connectivity index (χ4v) is 6.44. The molecule has 0 aliphatic carbocycles. The Morgan fingerprint density at radius 3 is 2.44 bits per heavy atom. The van der Waals surface area contributed by atoms with Crippen molar-refractivity contribution in [3.8, 4) is 0 Å². The van der Waals surface area contributed by atoms with Crippen LogP contribution in [-0.4, -0.2) is 29.9 Å². The van der Waals surface area contributed by atoms with E-state index in [-0.39, 0.29) is 0 Å². The number of benzene rings is 1. The molecule has 0 saturated carbocycles. The average Bonchev–Trinajstić information content (AvgIpc) is 2.42. The molecule has 0 atom stereocenters. The Balaban J connectivity index is 2.57. The Kier molecular flexibility index (Phi) is 9.80. The first-order chi connectivity index (χ1) is 8.77. The van der Waals surface area contributed by atoms with Crippen LogP contribution in [-0.2, 0) is 0 Å². The number of halogens is 1. The second-order valence-electron chi connectivity index (χ2n) is 4.13. The summed E-state index contributed by atoms with van der Waals surface area (Å²) in [7, 11) is 0. The number of unbranched alkanes of at least 4 members (excludes halogenated alkanes) is 3. The standard InChI is InChI=1S/C15H21ISe2/c1-3-4-5-9-12-14(15(16)17-2)18-13-10-7-6-8-11-13/h6-8,10-11H,3-5,9,12H2,1-2H3/b15-14-. The maximum absolute atomic E-state index is 2.58. The van der Waals surface area contributed by atoms with Gasteiger partial charge in [0.2, 0.25) is 0 Å². The van der Waals surface area contributed by atoms with E-state index in [1.807, 2.05) is 0 Å². The zero-order valence-corrected chi connectivity index (χ0v) is 16.7. The number of hydrogen-bond donors (Lipinski definition) is 0. The topological polar surface area (TPSA) is 0 Å². The second kappa shape index (κ2) is 10.5. The van der Waals surface area contributed by atoms with Crippen LogP contribution in [0.25, 0.3) is 0 Å². The van der Waals surface area contributed by atoms with E-state index in [9.17, 15) is 0 Å². The molecule has 0 bridgehead atoms. The molecule has 0 aliphatic rings. The summed E-state index contributed by atoms with van der Waals surface area (Å²) in [5, 5.41) is 0. The van der Waals surface area contributed by atoms with E-state index in [0.29, 0.717) is 29.9 Å². The molecule has 0 amide bonds. The molecule has 1 aromatic rings. The van der Waals surface area contributed by atoms with Crippen molar-refractivity contribution in [2.75, 3.05) is 0 Å². The SMILES string of the molecule is CCCCCC/C([Se]c1ccccc1)=C(\I)[Se]C. The second-order valence-corrected chi connectivity index (χ2v) is 11.0. The van der Waals surface area contributed by atoms with Gasteiger partial charge in [0.15, 0.2) is 0 Å². The summed E-state index contributed by atoms with van der Waals surface area (Å²) in [6, 6.07) is 11.0. The Morgan fingerprint density at radius 1 is 1.11 bits per heavy atom. The third kappa shape index (κ3) is 6.77. The summed E-state index contributed by atoms with van der Waals surface area (Å²) >= 11 is 3.79. The van der Waals surface area contributed by atoms with Crippen LogP contribution in [0.15, 0.2) is 37.3 Å². The van der Waals surface area contributed by atoms with Crippen LogP contribution in [0.1, 0.15) is 39.0 Å². The van der Waals surface area contributed by atoms with Gasteiger partial charge in [-0.3, -0.25) is 0 Å². The fraction of sp³-hybridized carbons (Fsp3) is 0.467. The Morgan fingerprint density at radius 2 is 1.83 bits per heavy atom. The quantitative estimate of drug-likeness (QED) is 0.292. The molecule has 0 N–H and O–H groups in total. The summed E-state index contributed by atoms with van der Waals surface area (Å²) in [4.78, 5) is 0. The summed E-state index contributed by atoms with van der Waals surface area (Å²) < 4.78 is 4.92. The molecule has 18 heavy (non-hydrogen) atoms. The first-order valence-electron chi connectivity index (χ1n) is 6.43. The molecule has 0 radical (unpaired) electrons. The minimum absolute atomic E-state index is 0.543. The van der Waals surface area contributed by atoms with Crippen LogP contribution in [0.3, 0.4) is 0 Å². The predicted octanol–water partition coefficient (Wildman–Crippen LogP) is 4.34. The van der Waals surface area contributed by atoms with Crippen LogP contribution < -0.4 is 4.46 Å². The third-order valence-electron chi connectivity index (χ3n) is 2.64. The zero-order chi connectivity index (χ0) is 13.2. The van der Waals surface area contributed by atoms with Crippen molar-refractivity contribution in [1.29, 1.82) is 0 Å². The van der Waals surface area contributed by atoms with Gasteiger partial charge >= 0.3 is 139 Å². The van der Waals surface area contributed by atoms with Crippen molar-refractivity contribution in [2.24, 2.45) is 0 Å².